The third kappa shape index (κ3) is 4.06. The molecule has 3 rings (SSSR count). The van der Waals surface area contributed by atoms with E-state index in [9.17, 15) is 13.6 Å². The first-order valence-corrected chi connectivity index (χ1v) is 8.72. The lowest BCUT2D eigenvalue weighted by Gasteiger charge is -2.26. The summed E-state index contributed by atoms with van der Waals surface area (Å²) in [6.07, 6.45) is 4.82. The minimum absolute atomic E-state index is 0.0917. The summed E-state index contributed by atoms with van der Waals surface area (Å²) in [5.74, 6) is -0.876. The highest BCUT2D eigenvalue weighted by Crippen LogP contribution is 2.35. The molecule has 0 spiro atoms. The van der Waals surface area contributed by atoms with Crippen LogP contribution in [-0.2, 0) is 0 Å². The van der Waals surface area contributed by atoms with Crippen molar-refractivity contribution in [1.29, 1.82) is 0 Å². The van der Waals surface area contributed by atoms with Gasteiger partial charge in [0.05, 0.1) is 5.56 Å². The average Bonchev–Trinajstić information content (AvgIpc) is 2.60. The van der Waals surface area contributed by atoms with Crippen molar-refractivity contribution in [2.45, 2.75) is 45.4 Å². The Balaban J connectivity index is 1.69. The highest BCUT2D eigenvalue weighted by molar-refractivity contribution is 5.91. The smallest absolute Gasteiger partial charge is 0.343 e. The van der Waals surface area contributed by atoms with E-state index in [4.69, 9.17) is 4.74 Å². The number of carbonyl (C=O) groups is 1. The Bertz CT molecular complexity index is 737. The van der Waals surface area contributed by atoms with E-state index < -0.39 is 17.6 Å². The molecule has 0 N–H and O–H groups in total. The van der Waals surface area contributed by atoms with Crippen LogP contribution in [0.2, 0.25) is 0 Å². The quantitative estimate of drug-likeness (QED) is 0.521. The summed E-state index contributed by atoms with van der Waals surface area (Å²) < 4.78 is 32.2. The van der Waals surface area contributed by atoms with Crippen LogP contribution >= 0.6 is 0 Å². The molecule has 132 valence electrons. The topological polar surface area (TPSA) is 26.3 Å². The standard InChI is InChI=1S/C21H22F2O2/c1-13-3-5-15(6-4-13)16-7-9-17(10-8-16)21(24)25-18-11-19(22)14(2)20(23)12-18/h7-13,15H,3-6H2,1-2H3. The van der Waals surface area contributed by atoms with Crippen molar-refractivity contribution >= 4 is 5.97 Å². The number of carbonyl (C=O) groups excluding carboxylic acids is 1. The molecule has 0 saturated heterocycles. The zero-order chi connectivity index (χ0) is 18.0. The zero-order valence-corrected chi connectivity index (χ0v) is 14.5. The summed E-state index contributed by atoms with van der Waals surface area (Å²) in [7, 11) is 0. The van der Waals surface area contributed by atoms with Gasteiger partial charge in [0.2, 0.25) is 0 Å². The highest BCUT2D eigenvalue weighted by Gasteiger charge is 2.20. The second-order valence-electron chi connectivity index (χ2n) is 6.98. The van der Waals surface area contributed by atoms with Crippen molar-refractivity contribution in [2.75, 3.05) is 0 Å². The molecular weight excluding hydrogens is 322 g/mol. The van der Waals surface area contributed by atoms with E-state index in [0.29, 0.717) is 11.5 Å². The van der Waals surface area contributed by atoms with Gasteiger partial charge >= 0.3 is 5.97 Å². The average molecular weight is 344 g/mol. The first kappa shape index (κ1) is 17.6. The Morgan fingerprint density at radius 2 is 1.56 bits per heavy atom. The first-order valence-electron chi connectivity index (χ1n) is 8.72. The Morgan fingerprint density at radius 3 is 2.12 bits per heavy atom. The van der Waals surface area contributed by atoms with Gasteiger partial charge in [-0.15, -0.1) is 0 Å². The lowest BCUT2D eigenvalue weighted by Crippen LogP contribution is -2.12. The largest absolute Gasteiger partial charge is 0.423 e. The third-order valence-electron chi connectivity index (χ3n) is 5.10. The van der Waals surface area contributed by atoms with Crippen LogP contribution in [0.4, 0.5) is 8.78 Å². The molecule has 1 aliphatic rings. The van der Waals surface area contributed by atoms with E-state index in [0.717, 1.165) is 18.1 Å². The SMILES string of the molecule is Cc1c(F)cc(OC(=O)c2ccc(C3CCC(C)CC3)cc2)cc1F. The monoisotopic (exact) mass is 344 g/mol. The van der Waals surface area contributed by atoms with Crippen molar-refractivity contribution in [3.8, 4) is 5.75 Å². The summed E-state index contributed by atoms with van der Waals surface area (Å²) in [6, 6.07) is 9.38. The molecule has 0 aliphatic heterocycles. The van der Waals surface area contributed by atoms with Gasteiger partial charge in [-0.2, -0.15) is 0 Å². The second-order valence-corrected chi connectivity index (χ2v) is 6.98. The molecule has 0 aromatic heterocycles. The number of esters is 1. The Kier molecular flexibility index (Phi) is 5.16. The van der Waals surface area contributed by atoms with Crippen molar-refractivity contribution < 1.29 is 18.3 Å². The summed E-state index contributed by atoms with van der Waals surface area (Å²) in [5.41, 5.74) is 1.51. The zero-order valence-electron chi connectivity index (χ0n) is 14.5. The fraction of sp³-hybridized carbons (Fsp3) is 0.381. The van der Waals surface area contributed by atoms with Crippen LogP contribution in [0.1, 0.15) is 60.0 Å². The fourth-order valence-corrected chi connectivity index (χ4v) is 3.33. The van der Waals surface area contributed by atoms with Gasteiger partial charge in [0.1, 0.15) is 17.4 Å². The van der Waals surface area contributed by atoms with Crippen LogP contribution in [0.5, 0.6) is 5.75 Å². The van der Waals surface area contributed by atoms with E-state index in [1.807, 2.05) is 12.1 Å². The number of hydrogen-bond donors (Lipinski definition) is 0. The number of rotatable bonds is 3. The number of halogens is 2. The number of hydrogen-bond acceptors (Lipinski definition) is 2. The maximum atomic E-state index is 13.5. The van der Waals surface area contributed by atoms with Crippen LogP contribution < -0.4 is 4.74 Å². The van der Waals surface area contributed by atoms with Crippen LogP contribution in [0.3, 0.4) is 0 Å². The third-order valence-corrected chi connectivity index (χ3v) is 5.10. The molecule has 2 nitrogen and oxygen atoms in total. The van der Waals surface area contributed by atoms with Crippen LogP contribution in [0.15, 0.2) is 36.4 Å². The maximum absolute atomic E-state index is 13.5. The van der Waals surface area contributed by atoms with Crippen LogP contribution in [0, 0.1) is 24.5 Å². The van der Waals surface area contributed by atoms with Crippen LogP contribution in [0.25, 0.3) is 0 Å². The van der Waals surface area contributed by atoms with Gasteiger partial charge in [-0.3, -0.25) is 0 Å². The first-order chi connectivity index (χ1) is 11.9. The Hall–Kier alpha value is -2.23. The molecule has 0 bridgehead atoms. The minimum atomic E-state index is -0.732. The molecule has 0 unspecified atom stereocenters. The molecule has 0 amide bonds. The van der Waals surface area contributed by atoms with Crippen molar-refractivity contribution in [1.82, 2.24) is 0 Å². The molecule has 2 aromatic rings. The van der Waals surface area contributed by atoms with Gasteiger partial charge in [0.15, 0.2) is 0 Å². The van der Waals surface area contributed by atoms with Gasteiger partial charge in [0, 0.05) is 17.7 Å². The Labute approximate surface area is 146 Å². The van der Waals surface area contributed by atoms with Gasteiger partial charge < -0.3 is 4.74 Å². The summed E-state index contributed by atoms with van der Waals surface area (Å²) in [5, 5.41) is 0. The fourth-order valence-electron chi connectivity index (χ4n) is 3.33. The van der Waals surface area contributed by atoms with E-state index in [1.165, 1.54) is 38.2 Å². The molecule has 1 saturated carbocycles. The maximum Gasteiger partial charge on any atom is 0.343 e. The lowest BCUT2D eigenvalue weighted by molar-refractivity contribution is 0.0734. The number of benzene rings is 2. The van der Waals surface area contributed by atoms with E-state index in [1.54, 1.807) is 12.1 Å². The number of ether oxygens (including phenoxy) is 1. The van der Waals surface area contributed by atoms with Gasteiger partial charge in [-0.25, -0.2) is 13.6 Å². The van der Waals surface area contributed by atoms with Crippen molar-refractivity contribution in [2.24, 2.45) is 5.92 Å². The van der Waals surface area contributed by atoms with Crippen molar-refractivity contribution in [3.63, 3.8) is 0 Å². The van der Waals surface area contributed by atoms with Crippen molar-refractivity contribution in [3.05, 3.63) is 64.7 Å². The van der Waals surface area contributed by atoms with Crippen LogP contribution in [-0.4, -0.2) is 5.97 Å². The normalized spacial score (nSPS) is 20.3. The summed E-state index contributed by atoms with van der Waals surface area (Å²) in [6.45, 7) is 3.62. The predicted molar refractivity (Wildman–Crippen MR) is 92.9 cm³/mol. The molecule has 1 aliphatic carbocycles. The van der Waals surface area contributed by atoms with E-state index >= 15 is 0 Å². The molecule has 2 aromatic carbocycles. The summed E-state index contributed by atoms with van der Waals surface area (Å²) >= 11 is 0. The molecular formula is C21H22F2O2. The van der Waals surface area contributed by atoms with E-state index in [-0.39, 0.29) is 11.3 Å². The second kappa shape index (κ2) is 7.34. The highest BCUT2D eigenvalue weighted by atomic mass is 19.1. The minimum Gasteiger partial charge on any atom is -0.423 e. The van der Waals surface area contributed by atoms with E-state index in [2.05, 4.69) is 6.92 Å². The molecule has 0 radical (unpaired) electrons. The molecule has 4 heteroatoms. The molecule has 0 heterocycles. The molecule has 0 atom stereocenters. The van der Waals surface area contributed by atoms with Gasteiger partial charge in [-0.1, -0.05) is 31.9 Å². The Morgan fingerprint density at radius 1 is 1.00 bits per heavy atom. The lowest BCUT2D eigenvalue weighted by atomic mass is 9.79. The molecule has 25 heavy (non-hydrogen) atoms. The predicted octanol–water partition coefficient (Wildman–Crippen LogP) is 5.79. The summed E-state index contributed by atoms with van der Waals surface area (Å²) in [4.78, 5) is 12.2. The van der Waals surface area contributed by atoms with Gasteiger partial charge in [0.25, 0.3) is 0 Å². The van der Waals surface area contributed by atoms with Gasteiger partial charge in [-0.05, 0) is 49.3 Å². The molecule has 1 fully saturated rings.